The fraction of sp³-hybridized carbons (Fsp3) is 0.846. The van der Waals surface area contributed by atoms with E-state index in [-0.39, 0.29) is 5.92 Å². The predicted molar refractivity (Wildman–Crippen MR) is 77.6 cm³/mol. The van der Waals surface area contributed by atoms with E-state index < -0.39 is 32.7 Å². The number of nitrogens with zero attached hydrogens (tertiary/aromatic N) is 1. The third-order valence-electron chi connectivity index (χ3n) is 2.61. The van der Waals surface area contributed by atoms with Crippen molar-refractivity contribution in [1.29, 1.82) is 0 Å². The first-order chi connectivity index (χ1) is 8.52. The molecule has 6 heteroatoms. The van der Waals surface area contributed by atoms with Gasteiger partial charge in [-0.05, 0) is 39.8 Å². The number of ether oxygens (including phenoxy) is 1. The average Bonchev–Trinajstić information content (AvgIpc) is 2.20. The van der Waals surface area contributed by atoms with Crippen molar-refractivity contribution in [2.24, 2.45) is 5.92 Å². The highest BCUT2D eigenvalue weighted by atomic mass is 28.3. The number of carbonyl (C=O) groups excluding carboxylic acids is 2. The largest absolute Gasteiger partial charge is 0.507 e. The third kappa shape index (κ3) is 5.22. The monoisotopic (exact) mass is 289 g/mol. The van der Waals surface area contributed by atoms with Crippen LogP contribution in [-0.2, 0) is 14.0 Å². The van der Waals surface area contributed by atoms with Crippen molar-refractivity contribution in [2.75, 3.05) is 7.11 Å². The van der Waals surface area contributed by atoms with Gasteiger partial charge >= 0.3 is 12.1 Å². The summed E-state index contributed by atoms with van der Waals surface area (Å²) in [6.45, 7) is 13.3. The van der Waals surface area contributed by atoms with Gasteiger partial charge in [0.05, 0.1) is 7.11 Å². The van der Waals surface area contributed by atoms with Crippen LogP contribution in [-0.4, -0.2) is 44.7 Å². The van der Waals surface area contributed by atoms with Crippen LogP contribution in [0.5, 0.6) is 0 Å². The van der Waals surface area contributed by atoms with Gasteiger partial charge in [-0.3, -0.25) is 4.90 Å². The van der Waals surface area contributed by atoms with Gasteiger partial charge in [-0.25, -0.2) is 9.59 Å². The van der Waals surface area contributed by atoms with Crippen LogP contribution in [0.3, 0.4) is 0 Å². The lowest BCUT2D eigenvalue weighted by atomic mass is 9.96. The number of amides is 1. The quantitative estimate of drug-likeness (QED) is 0.589. The Morgan fingerprint density at radius 3 is 1.89 bits per heavy atom. The van der Waals surface area contributed by atoms with E-state index in [0.717, 1.165) is 0 Å². The molecule has 19 heavy (non-hydrogen) atoms. The SMILES string of the molecule is COC(=O)C(C(C)C)N(C(=O)O[SiH](C)C)C(C)(C)C. The molecule has 0 aromatic carbocycles. The zero-order valence-electron chi connectivity index (χ0n) is 13.3. The van der Waals surface area contributed by atoms with Crippen molar-refractivity contribution in [3.8, 4) is 0 Å². The maximum absolute atomic E-state index is 12.3. The topological polar surface area (TPSA) is 55.8 Å². The maximum atomic E-state index is 12.3. The summed E-state index contributed by atoms with van der Waals surface area (Å²) in [6, 6.07) is -0.634. The molecule has 0 heterocycles. The second kappa shape index (κ2) is 6.93. The van der Waals surface area contributed by atoms with Gasteiger partial charge in [0, 0.05) is 5.54 Å². The lowest BCUT2D eigenvalue weighted by molar-refractivity contribution is -0.150. The first-order valence-electron chi connectivity index (χ1n) is 6.60. The van der Waals surface area contributed by atoms with Crippen LogP contribution in [0, 0.1) is 5.92 Å². The van der Waals surface area contributed by atoms with Crippen molar-refractivity contribution in [1.82, 2.24) is 4.90 Å². The van der Waals surface area contributed by atoms with Gasteiger partial charge in [-0.2, -0.15) is 0 Å². The molecule has 0 aromatic rings. The summed E-state index contributed by atoms with van der Waals surface area (Å²) < 4.78 is 10.2. The summed E-state index contributed by atoms with van der Waals surface area (Å²) >= 11 is 0. The number of methoxy groups -OCH3 is 1. The van der Waals surface area contributed by atoms with E-state index in [2.05, 4.69) is 0 Å². The molecular weight excluding hydrogens is 262 g/mol. The van der Waals surface area contributed by atoms with E-state index >= 15 is 0 Å². The van der Waals surface area contributed by atoms with Crippen LogP contribution < -0.4 is 0 Å². The normalized spacial score (nSPS) is 13.4. The molecule has 1 atom stereocenters. The van der Waals surface area contributed by atoms with E-state index in [4.69, 9.17) is 9.16 Å². The minimum Gasteiger partial charge on any atom is -0.507 e. The van der Waals surface area contributed by atoms with E-state index in [1.165, 1.54) is 12.0 Å². The number of rotatable bonds is 4. The van der Waals surface area contributed by atoms with Gasteiger partial charge in [-0.1, -0.05) is 13.8 Å². The molecule has 0 saturated heterocycles. The first kappa shape index (κ1) is 18.0. The Morgan fingerprint density at radius 1 is 1.16 bits per heavy atom. The molecule has 0 fully saturated rings. The molecule has 0 N–H and O–H groups in total. The van der Waals surface area contributed by atoms with Crippen LogP contribution in [0.2, 0.25) is 13.1 Å². The Morgan fingerprint density at radius 2 is 1.63 bits per heavy atom. The molecule has 112 valence electrons. The molecule has 0 aliphatic carbocycles. The summed E-state index contributed by atoms with van der Waals surface area (Å²) in [5, 5.41) is 0. The van der Waals surface area contributed by atoms with E-state index in [1.807, 2.05) is 47.7 Å². The van der Waals surface area contributed by atoms with E-state index in [1.54, 1.807) is 0 Å². The van der Waals surface area contributed by atoms with Crippen LogP contribution >= 0.6 is 0 Å². The Balaban J connectivity index is 5.44. The molecule has 0 aliphatic rings. The van der Waals surface area contributed by atoms with E-state index in [0.29, 0.717) is 0 Å². The van der Waals surface area contributed by atoms with Crippen molar-refractivity contribution < 1.29 is 18.8 Å². The van der Waals surface area contributed by atoms with Crippen molar-refractivity contribution in [2.45, 2.75) is 59.3 Å². The zero-order valence-corrected chi connectivity index (χ0v) is 14.5. The van der Waals surface area contributed by atoms with Crippen LogP contribution in [0.4, 0.5) is 4.79 Å². The van der Waals surface area contributed by atoms with Crippen LogP contribution in [0.15, 0.2) is 0 Å². The lowest BCUT2D eigenvalue weighted by Crippen LogP contribution is -2.57. The van der Waals surface area contributed by atoms with Gasteiger partial charge in [0.2, 0.25) is 9.04 Å². The van der Waals surface area contributed by atoms with Gasteiger partial charge in [0.25, 0.3) is 0 Å². The molecule has 1 amide bonds. The standard InChI is InChI=1S/C13H27NO4Si/c1-9(2)10(11(15)17-6)14(13(3,4)5)12(16)18-19(7)8/h9-10,19H,1-8H3. The molecule has 5 nitrogen and oxygen atoms in total. The van der Waals surface area contributed by atoms with E-state index in [9.17, 15) is 9.59 Å². The number of esters is 1. The minimum atomic E-state index is -1.51. The summed E-state index contributed by atoms with van der Waals surface area (Å²) in [7, 11) is -0.178. The fourth-order valence-electron chi connectivity index (χ4n) is 1.86. The minimum absolute atomic E-state index is 0.0481. The Kier molecular flexibility index (Phi) is 6.55. The fourth-order valence-corrected chi connectivity index (χ4v) is 2.38. The molecule has 0 spiro atoms. The molecule has 0 saturated carbocycles. The smallest absolute Gasteiger partial charge is 0.397 e. The first-order valence-corrected chi connectivity index (χ1v) is 9.38. The van der Waals surface area contributed by atoms with Gasteiger partial charge < -0.3 is 9.16 Å². The third-order valence-corrected chi connectivity index (χ3v) is 3.28. The highest BCUT2D eigenvalue weighted by Gasteiger charge is 2.40. The molecule has 0 bridgehead atoms. The number of hydrogen-bond acceptors (Lipinski definition) is 4. The van der Waals surface area contributed by atoms with Crippen molar-refractivity contribution in [3.63, 3.8) is 0 Å². The summed E-state index contributed by atoms with van der Waals surface area (Å²) in [5.41, 5.74) is -0.510. The Bertz CT molecular complexity index is 323. The van der Waals surface area contributed by atoms with Crippen molar-refractivity contribution in [3.05, 3.63) is 0 Å². The highest BCUT2D eigenvalue weighted by molar-refractivity contribution is 6.50. The lowest BCUT2D eigenvalue weighted by Gasteiger charge is -2.41. The predicted octanol–water partition coefficient (Wildman–Crippen LogP) is 2.40. The number of carbonyl (C=O) groups is 2. The summed E-state index contributed by atoms with van der Waals surface area (Å²) in [5.74, 6) is -0.458. The van der Waals surface area contributed by atoms with Crippen LogP contribution in [0.1, 0.15) is 34.6 Å². The molecule has 0 aliphatic heterocycles. The zero-order chi connectivity index (χ0) is 15.4. The summed E-state index contributed by atoms with van der Waals surface area (Å²) in [6.07, 6.45) is -0.432. The average molecular weight is 289 g/mol. The van der Waals surface area contributed by atoms with Gasteiger partial charge in [0.1, 0.15) is 6.04 Å². The number of hydrogen-bond donors (Lipinski definition) is 0. The molecular formula is C13H27NO4Si. The Hall–Kier alpha value is -1.04. The second-order valence-corrected chi connectivity index (χ2v) is 8.52. The molecule has 1 unspecified atom stereocenters. The molecule has 0 radical (unpaired) electrons. The van der Waals surface area contributed by atoms with Gasteiger partial charge in [-0.15, -0.1) is 0 Å². The maximum Gasteiger partial charge on any atom is 0.397 e. The van der Waals surface area contributed by atoms with Crippen molar-refractivity contribution >= 4 is 21.1 Å². The Labute approximate surface area is 118 Å². The molecule has 0 aromatic heterocycles. The molecule has 0 rings (SSSR count). The summed E-state index contributed by atoms with van der Waals surface area (Å²) in [4.78, 5) is 25.8. The van der Waals surface area contributed by atoms with Gasteiger partial charge in [0.15, 0.2) is 0 Å². The second-order valence-electron chi connectivity index (χ2n) is 6.19. The van der Waals surface area contributed by atoms with Crippen LogP contribution in [0.25, 0.3) is 0 Å². The highest BCUT2D eigenvalue weighted by Crippen LogP contribution is 2.24.